The van der Waals surface area contributed by atoms with Gasteiger partial charge in [0.2, 0.25) is 0 Å². The second-order valence-corrected chi connectivity index (χ2v) is 6.33. The van der Waals surface area contributed by atoms with Crippen molar-refractivity contribution in [2.45, 2.75) is 24.9 Å². The van der Waals surface area contributed by atoms with Crippen molar-refractivity contribution in [2.75, 3.05) is 5.01 Å². The predicted octanol–water partition coefficient (Wildman–Crippen LogP) is 3.45. The molecule has 1 heterocycles. The van der Waals surface area contributed by atoms with Crippen LogP contribution in [0.3, 0.4) is 0 Å². The Bertz CT molecular complexity index is 565. The third-order valence-electron chi connectivity index (χ3n) is 5.66. The molecule has 0 N–H and O–H groups in total. The summed E-state index contributed by atoms with van der Waals surface area (Å²) in [7, 11) is 0. The molecule has 3 heteroatoms. The fourth-order valence-corrected chi connectivity index (χ4v) is 4.99. The van der Waals surface area contributed by atoms with E-state index in [-0.39, 0.29) is 0 Å². The Labute approximate surface area is 113 Å². The lowest BCUT2D eigenvalue weighted by Crippen LogP contribution is -2.44. The van der Waals surface area contributed by atoms with E-state index in [4.69, 9.17) is 0 Å². The Morgan fingerprint density at radius 1 is 1.05 bits per heavy atom. The molecule has 3 aliphatic carbocycles. The summed E-state index contributed by atoms with van der Waals surface area (Å²) in [5.74, 6) is 3.18. The van der Waals surface area contributed by atoms with Crippen molar-refractivity contribution in [1.82, 2.24) is 0 Å². The Hall–Kier alpha value is -1.64. The van der Waals surface area contributed by atoms with Gasteiger partial charge in [-0.1, -0.05) is 35.6 Å². The van der Waals surface area contributed by atoms with Gasteiger partial charge in [0.1, 0.15) is 0 Å². The van der Waals surface area contributed by atoms with Gasteiger partial charge in [0.05, 0.1) is 17.8 Å². The van der Waals surface area contributed by atoms with Crippen LogP contribution in [0.4, 0.5) is 5.69 Å². The molecule has 2 fully saturated rings. The molecule has 1 aromatic rings. The van der Waals surface area contributed by atoms with Gasteiger partial charge in [-0.3, -0.25) is 0 Å². The van der Waals surface area contributed by atoms with Gasteiger partial charge in [-0.05, 0) is 48.6 Å². The summed E-state index contributed by atoms with van der Waals surface area (Å²) in [6, 6.07) is 11.5. The lowest BCUT2D eigenvalue weighted by Gasteiger charge is -2.35. The van der Waals surface area contributed by atoms with Crippen LogP contribution in [0.5, 0.6) is 0 Å². The van der Waals surface area contributed by atoms with Crippen LogP contribution in [0.1, 0.15) is 12.8 Å². The second-order valence-electron chi connectivity index (χ2n) is 6.33. The summed E-state index contributed by atoms with van der Waals surface area (Å²) < 4.78 is 0. The van der Waals surface area contributed by atoms with Crippen LogP contribution in [-0.2, 0) is 0 Å². The summed E-state index contributed by atoms with van der Waals surface area (Å²) in [6.07, 6.45) is 7.49. The van der Waals surface area contributed by atoms with Crippen LogP contribution >= 0.6 is 0 Å². The molecule has 5 rings (SSSR count). The minimum absolute atomic E-state index is 0.450. The smallest absolute Gasteiger partial charge is 0.0988 e. The fourth-order valence-electron chi connectivity index (χ4n) is 4.99. The molecule has 0 aromatic heterocycles. The highest BCUT2D eigenvalue weighted by molar-refractivity contribution is 5.48. The molecule has 6 atom stereocenters. The molecule has 0 amide bonds. The summed E-state index contributed by atoms with van der Waals surface area (Å²) >= 11 is 0. The highest BCUT2D eigenvalue weighted by atomic mass is 15.6. The molecule has 1 aliphatic heterocycles. The number of para-hydroxylation sites is 1. The van der Waals surface area contributed by atoms with E-state index in [0.29, 0.717) is 12.1 Å². The van der Waals surface area contributed by atoms with E-state index in [1.807, 2.05) is 0 Å². The third kappa shape index (κ3) is 1.18. The fraction of sp³-hybridized carbons (Fsp3) is 0.500. The van der Waals surface area contributed by atoms with E-state index in [1.54, 1.807) is 0 Å². The number of hydrogen-bond acceptors (Lipinski definition) is 3. The monoisotopic (exact) mass is 251 g/mol. The number of nitrogens with zero attached hydrogens (tertiary/aromatic N) is 3. The molecule has 6 unspecified atom stereocenters. The summed E-state index contributed by atoms with van der Waals surface area (Å²) in [5, 5.41) is 11.3. The van der Waals surface area contributed by atoms with E-state index in [9.17, 15) is 0 Å². The maximum Gasteiger partial charge on any atom is 0.0988 e. The maximum atomic E-state index is 4.62. The van der Waals surface area contributed by atoms with Crippen molar-refractivity contribution in [3.05, 3.63) is 42.5 Å². The predicted molar refractivity (Wildman–Crippen MR) is 73.7 cm³/mol. The van der Waals surface area contributed by atoms with Gasteiger partial charge in [0, 0.05) is 0 Å². The average Bonchev–Trinajstić information content (AvgIpc) is 3.17. The van der Waals surface area contributed by atoms with Crippen LogP contribution in [-0.4, -0.2) is 12.1 Å². The molecule has 0 saturated heterocycles. The molecule has 19 heavy (non-hydrogen) atoms. The highest BCUT2D eigenvalue weighted by Crippen LogP contribution is 2.60. The largest absolute Gasteiger partial charge is 0.242 e. The van der Waals surface area contributed by atoms with Crippen molar-refractivity contribution < 1.29 is 0 Å². The first-order chi connectivity index (χ1) is 9.43. The van der Waals surface area contributed by atoms with Crippen LogP contribution in [0, 0.1) is 23.7 Å². The van der Waals surface area contributed by atoms with Gasteiger partial charge < -0.3 is 0 Å². The number of fused-ring (bicyclic) bond motifs is 8. The van der Waals surface area contributed by atoms with E-state index in [0.717, 1.165) is 23.7 Å². The first-order valence-corrected chi connectivity index (χ1v) is 7.35. The quantitative estimate of drug-likeness (QED) is 0.702. The van der Waals surface area contributed by atoms with E-state index in [1.165, 1.54) is 18.5 Å². The van der Waals surface area contributed by atoms with Gasteiger partial charge >= 0.3 is 0 Å². The summed E-state index contributed by atoms with van der Waals surface area (Å²) in [5.41, 5.74) is 1.20. The number of rotatable bonds is 1. The van der Waals surface area contributed by atoms with Gasteiger partial charge in [-0.15, -0.1) is 0 Å². The van der Waals surface area contributed by atoms with Crippen molar-refractivity contribution in [1.29, 1.82) is 0 Å². The first-order valence-electron chi connectivity index (χ1n) is 7.35. The number of benzene rings is 1. The molecular formula is C16H17N3. The molecule has 0 spiro atoms. The SMILES string of the molecule is C1=CC2C(C1)C1CC2C2C1N=NN2c1ccccc1. The zero-order chi connectivity index (χ0) is 12.4. The summed E-state index contributed by atoms with van der Waals surface area (Å²) in [4.78, 5) is 0. The van der Waals surface area contributed by atoms with Crippen LogP contribution in [0.2, 0.25) is 0 Å². The van der Waals surface area contributed by atoms with Crippen molar-refractivity contribution in [3.8, 4) is 0 Å². The van der Waals surface area contributed by atoms with Gasteiger partial charge in [0.15, 0.2) is 0 Å². The minimum atomic E-state index is 0.450. The molecule has 4 aliphatic rings. The van der Waals surface area contributed by atoms with Gasteiger partial charge in [0.25, 0.3) is 0 Å². The topological polar surface area (TPSA) is 28.0 Å². The Kier molecular flexibility index (Phi) is 1.86. The Morgan fingerprint density at radius 3 is 2.84 bits per heavy atom. The van der Waals surface area contributed by atoms with Gasteiger partial charge in [-0.25, -0.2) is 5.01 Å². The molecule has 0 radical (unpaired) electrons. The van der Waals surface area contributed by atoms with Crippen LogP contribution in [0.25, 0.3) is 0 Å². The molecule has 2 bridgehead atoms. The van der Waals surface area contributed by atoms with E-state index in [2.05, 4.69) is 57.8 Å². The standard InChI is InChI=1S/C16H17N3/c1-2-5-10(6-3-1)19-16-14-9-13(15(16)17-18-19)11-7-4-8-12(11)14/h1-6,8,11-16H,7,9H2. The lowest BCUT2D eigenvalue weighted by molar-refractivity contribution is 0.238. The third-order valence-corrected chi connectivity index (χ3v) is 5.66. The van der Waals surface area contributed by atoms with Crippen LogP contribution < -0.4 is 5.01 Å². The highest BCUT2D eigenvalue weighted by Gasteiger charge is 2.61. The van der Waals surface area contributed by atoms with Crippen molar-refractivity contribution in [3.63, 3.8) is 0 Å². The van der Waals surface area contributed by atoms with Crippen molar-refractivity contribution >= 4 is 5.69 Å². The molecule has 3 nitrogen and oxygen atoms in total. The normalized spacial score (nSPS) is 44.9. The maximum absolute atomic E-state index is 4.62. The minimum Gasteiger partial charge on any atom is -0.242 e. The number of allylic oxidation sites excluding steroid dienone is 2. The number of anilines is 1. The van der Waals surface area contributed by atoms with Gasteiger partial charge in [-0.2, -0.15) is 5.11 Å². The zero-order valence-electron chi connectivity index (χ0n) is 10.8. The molecule has 2 saturated carbocycles. The lowest BCUT2D eigenvalue weighted by atomic mass is 9.76. The first kappa shape index (κ1) is 10.2. The second kappa shape index (κ2) is 3.47. The summed E-state index contributed by atoms with van der Waals surface area (Å²) in [6.45, 7) is 0. The zero-order valence-corrected chi connectivity index (χ0v) is 10.8. The van der Waals surface area contributed by atoms with Crippen molar-refractivity contribution in [2.24, 2.45) is 34.0 Å². The molecule has 1 aromatic carbocycles. The van der Waals surface area contributed by atoms with Crippen LogP contribution in [0.15, 0.2) is 52.8 Å². The molecular weight excluding hydrogens is 234 g/mol. The van der Waals surface area contributed by atoms with E-state index >= 15 is 0 Å². The number of hydrogen-bond donors (Lipinski definition) is 0. The Balaban J connectivity index is 1.53. The Morgan fingerprint density at radius 2 is 1.95 bits per heavy atom. The van der Waals surface area contributed by atoms with E-state index < -0.39 is 0 Å². The molecule has 96 valence electrons. The average molecular weight is 251 g/mol.